The molecule has 0 radical (unpaired) electrons. The number of Topliss-reactive ketones (excluding diaryl/α,β-unsaturated/α-hetero) is 1. The van der Waals surface area contributed by atoms with E-state index in [1.807, 2.05) is 18.2 Å². The van der Waals surface area contributed by atoms with Crippen molar-refractivity contribution < 1.29 is 4.79 Å². The van der Waals surface area contributed by atoms with Gasteiger partial charge in [0.15, 0.2) is 5.78 Å². The molecule has 0 spiro atoms. The molecule has 0 amide bonds. The summed E-state index contributed by atoms with van der Waals surface area (Å²) in [6.45, 7) is 0.963. The highest BCUT2D eigenvalue weighted by atomic mass is 35.5. The molecule has 0 saturated heterocycles. The van der Waals surface area contributed by atoms with Gasteiger partial charge in [0.25, 0.3) is 0 Å². The molecule has 1 aliphatic heterocycles. The van der Waals surface area contributed by atoms with Crippen molar-refractivity contribution in [1.29, 1.82) is 0 Å². The van der Waals surface area contributed by atoms with E-state index in [0.29, 0.717) is 10.0 Å². The minimum absolute atomic E-state index is 0.0831. The number of fused-ring (bicyclic) bond motifs is 1. The first-order valence-electron chi connectivity index (χ1n) is 6.98. The van der Waals surface area contributed by atoms with E-state index in [9.17, 15) is 4.79 Å². The third kappa shape index (κ3) is 3.07. The Morgan fingerprint density at radius 2 is 2.05 bits per heavy atom. The molecule has 1 heterocycles. The fourth-order valence-electron chi connectivity index (χ4n) is 2.72. The lowest BCUT2D eigenvalue weighted by molar-refractivity contribution is 0.0992. The van der Waals surface area contributed by atoms with Crippen LogP contribution >= 0.6 is 23.2 Å². The van der Waals surface area contributed by atoms with Crippen molar-refractivity contribution in [2.75, 3.05) is 11.9 Å². The smallest absolute Gasteiger partial charge is 0.167 e. The Bertz CT molecular complexity index is 697. The molecule has 0 unspecified atom stereocenters. The zero-order valence-electron chi connectivity index (χ0n) is 11.5. The van der Waals surface area contributed by atoms with Gasteiger partial charge in [-0.15, -0.1) is 0 Å². The third-order valence-corrected chi connectivity index (χ3v) is 4.36. The van der Waals surface area contributed by atoms with E-state index in [4.69, 9.17) is 23.2 Å². The molecule has 2 nitrogen and oxygen atoms in total. The largest absolute Gasteiger partial charge is 0.385 e. The van der Waals surface area contributed by atoms with Crippen molar-refractivity contribution in [3.05, 3.63) is 63.1 Å². The van der Waals surface area contributed by atoms with E-state index < -0.39 is 0 Å². The van der Waals surface area contributed by atoms with E-state index in [-0.39, 0.29) is 12.2 Å². The van der Waals surface area contributed by atoms with Gasteiger partial charge < -0.3 is 5.32 Å². The lowest BCUT2D eigenvalue weighted by Gasteiger charge is -2.20. The maximum Gasteiger partial charge on any atom is 0.167 e. The minimum Gasteiger partial charge on any atom is -0.385 e. The van der Waals surface area contributed by atoms with Crippen LogP contribution in [0.4, 0.5) is 5.69 Å². The Kier molecular flexibility index (Phi) is 4.18. The molecule has 0 saturated carbocycles. The summed E-state index contributed by atoms with van der Waals surface area (Å²) >= 11 is 12.1. The van der Waals surface area contributed by atoms with Gasteiger partial charge in [-0.25, -0.2) is 0 Å². The fourth-order valence-corrected chi connectivity index (χ4v) is 3.10. The lowest BCUT2D eigenvalue weighted by atomic mass is 9.93. The van der Waals surface area contributed by atoms with Crippen molar-refractivity contribution in [3.8, 4) is 0 Å². The van der Waals surface area contributed by atoms with Gasteiger partial charge in [-0.2, -0.15) is 0 Å². The average molecular weight is 320 g/mol. The van der Waals surface area contributed by atoms with Gasteiger partial charge in [0.1, 0.15) is 0 Å². The quantitative estimate of drug-likeness (QED) is 0.825. The topological polar surface area (TPSA) is 29.1 Å². The standard InChI is InChI=1S/C17H15Cl2NO/c18-12-6-7-15(19)11(9-12)10-17(21)14-3-1-5-16-13(14)4-2-8-20-16/h1,3,5-7,9,20H,2,4,8,10H2. The highest BCUT2D eigenvalue weighted by Crippen LogP contribution is 2.28. The fraction of sp³-hybridized carbons (Fsp3) is 0.235. The first kappa shape index (κ1) is 14.4. The second kappa shape index (κ2) is 6.08. The Balaban J connectivity index is 1.91. The highest BCUT2D eigenvalue weighted by Gasteiger charge is 2.18. The van der Waals surface area contributed by atoms with Gasteiger partial charge >= 0.3 is 0 Å². The molecule has 0 atom stereocenters. The second-order valence-corrected chi connectivity index (χ2v) is 6.04. The molecule has 1 N–H and O–H groups in total. The summed E-state index contributed by atoms with van der Waals surface area (Å²) in [6, 6.07) is 11.1. The minimum atomic E-state index is 0.0831. The number of rotatable bonds is 3. The summed E-state index contributed by atoms with van der Waals surface area (Å²) in [4.78, 5) is 12.6. The molecule has 108 valence electrons. The van der Waals surface area contributed by atoms with Crippen LogP contribution in [0.1, 0.15) is 27.9 Å². The summed E-state index contributed by atoms with van der Waals surface area (Å²) < 4.78 is 0. The number of carbonyl (C=O) groups is 1. The van der Waals surface area contributed by atoms with Crippen LogP contribution < -0.4 is 5.32 Å². The van der Waals surface area contributed by atoms with E-state index >= 15 is 0 Å². The Morgan fingerprint density at radius 1 is 1.19 bits per heavy atom. The summed E-state index contributed by atoms with van der Waals surface area (Å²) in [5, 5.41) is 4.52. The molecule has 2 aromatic carbocycles. The monoisotopic (exact) mass is 319 g/mol. The zero-order chi connectivity index (χ0) is 14.8. The van der Waals surface area contributed by atoms with Crippen LogP contribution in [0.5, 0.6) is 0 Å². The van der Waals surface area contributed by atoms with E-state index in [0.717, 1.165) is 41.8 Å². The number of carbonyl (C=O) groups excluding carboxylic acids is 1. The van der Waals surface area contributed by atoms with Crippen LogP contribution in [0.25, 0.3) is 0 Å². The van der Waals surface area contributed by atoms with Gasteiger partial charge in [0.05, 0.1) is 0 Å². The normalized spacial score (nSPS) is 13.4. The summed E-state index contributed by atoms with van der Waals surface area (Å²) in [5.74, 6) is 0.0831. The van der Waals surface area contributed by atoms with Gasteiger partial charge in [0.2, 0.25) is 0 Å². The van der Waals surface area contributed by atoms with Gasteiger partial charge in [-0.3, -0.25) is 4.79 Å². The summed E-state index contributed by atoms with van der Waals surface area (Å²) in [5.41, 5.74) is 3.75. The number of halogens is 2. The number of ketones is 1. The highest BCUT2D eigenvalue weighted by molar-refractivity contribution is 6.33. The number of hydrogen-bond acceptors (Lipinski definition) is 2. The maximum atomic E-state index is 12.6. The van der Waals surface area contributed by atoms with Crippen LogP contribution in [0.15, 0.2) is 36.4 Å². The van der Waals surface area contributed by atoms with Crippen LogP contribution in [-0.4, -0.2) is 12.3 Å². The molecule has 0 aromatic heterocycles. The maximum absolute atomic E-state index is 12.6. The van der Waals surface area contributed by atoms with Crippen molar-refractivity contribution in [2.24, 2.45) is 0 Å². The van der Waals surface area contributed by atoms with Gasteiger partial charge in [-0.05, 0) is 48.2 Å². The van der Waals surface area contributed by atoms with Crippen LogP contribution in [-0.2, 0) is 12.8 Å². The second-order valence-electron chi connectivity index (χ2n) is 5.20. The zero-order valence-corrected chi connectivity index (χ0v) is 13.0. The van der Waals surface area contributed by atoms with Crippen LogP contribution in [0.2, 0.25) is 10.0 Å². The van der Waals surface area contributed by atoms with Gasteiger partial charge in [0, 0.05) is 34.3 Å². The van der Waals surface area contributed by atoms with Crippen LogP contribution in [0.3, 0.4) is 0 Å². The Hall–Kier alpha value is -1.51. The van der Waals surface area contributed by atoms with Crippen molar-refractivity contribution >= 4 is 34.7 Å². The summed E-state index contributed by atoms with van der Waals surface area (Å²) in [7, 11) is 0. The predicted octanol–water partition coefficient (Wildman–Crippen LogP) is 4.78. The Labute approximate surface area is 134 Å². The molecular formula is C17H15Cl2NO. The molecule has 21 heavy (non-hydrogen) atoms. The first-order valence-corrected chi connectivity index (χ1v) is 7.73. The molecule has 1 aliphatic rings. The number of hydrogen-bond donors (Lipinski definition) is 1. The van der Waals surface area contributed by atoms with Crippen LogP contribution in [0, 0.1) is 0 Å². The molecule has 4 heteroatoms. The van der Waals surface area contributed by atoms with Crippen molar-refractivity contribution in [2.45, 2.75) is 19.3 Å². The molecule has 2 aromatic rings. The average Bonchev–Trinajstić information content (AvgIpc) is 2.50. The number of nitrogens with one attached hydrogen (secondary N) is 1. The molecule has 0 aliphatic carbocycles. The van der Waals surface area contributed by atoms with E-state index in [1.54, 1.807) is 18.2 Å². The van der Waals surface area contributed by atoms with Gasteiger partial charge in [-0.1, -0.05) is 35.3 Å². The molecule has 0 bridgehead atoms. The lowest BCUT2D eigenvalue weighted by Crippen LogP contribution is -2.16. The Morgan fingerprint density at radius 3 is 2.90 bits per heavy atom. The SMILES string of the molecule is O=C(Cc1cc(Cl)ccc1Cl)c1cccc2c1CCCN2. The molecule has 3 rings (SSSR count). The van der Waals surface area contributed by atoms with E-state index in [2.05, 4.69) is 5.32 Å². The molecule has 0 fully saturated rings. The molecular weight excluding hydrogens is 305 g/mol. The van der Waals surface area contributed by atoms with Crippen molar-refractivity contribution in [3.63, 3.8) is 0 Å². The predicted molar refractivity (Wildman–Crippen MR) is 87.7 cm³/mol. The number of anilines is 1. The first-order chi connectivity index (χ1) is 10.1. The van der Waals surface area contributed by atoms with E-state index in [1.165, 1.54) is 0 Å². The summed E-state index contributed by atoms with van der Waals surface area (Å²) in [6.07, 6.45) is 2.26. The third-order valence-electron chi connectivity index (χ3n) is 3.75. The number of benzene rings is 2. The van der Waals surface area contributed by atoms with Crippen molar-refractivity contribution in [1.82, 2.24) is 0 Å².